The minimum atomic E-state index is -2.19. The molecule has 276 valence electrons. The van der Waals surface area contributed by atoms with Crippen molar-refractivity contribution in [2.45, 2.75) is 124 Å². The maximum atomic E-state index is 12.6. The molecule has 0 bridgehead atoms. The average molecular weight is 692 g/mol. The zero-order valence-corrected chi connectivity index (χ0v) is 32.4. The van der Waals surface area contributed by atoms with E-state index in [9.17, 15) is 29.4 Å². The van der Waals surface area contributed by atoms with Crippen molar-refractivity contribution in [3.8, 4) is 0 Å². The van der Waals surface area contributed by atoms with Gasteiger partial charge in [-0.15, -0.1) is 6.58 Å². The van der Waals surface area contributed by atoms with Crippen LogP contribution in [0.15, 0.2) is 12.7 Å². The average Bonchev–Trinajstić information content (AvgIpc) is 3.03. The zero-order chi connectivity index (χ0) is 37.6. The van der Waals surface area contributed by atoms with Gasteiger partial charge in [0, 0.05) is 31.9 Å². The third kappa shape index (κ3) is 13.0. The van der Waals surface area contributed by atoms with Crippen molar-refractivity contribution in [3.05, 3.63) is 12.7 Å². The number of amides is 1. The molecular weight excluding hydrogens is 626 g/mol. The molecule has 3 N–H and O–H groups in total. The number of aliphatic carboxylic acids is 1. The zero-order valence-electron chi connectivity index (χ0n) is 31.4. The second-order valence-corrected chi connectivity index (χ2v) is 19.0. The van der Waals surface area contributed by atoms with Crippen LogP contribution in [0.3, 0.4) is 0 Å². The number of aliphatic hydroxyl groups excluding tert-OH is 2. The first-order chi connectivity index (χ1) is 21.5. The molecule has 0 aliphatic carbocycles. The van der Waals surface area contributed by atoms with Gasteiger partial charge in [0.2, 0.25) is 14.6 Å². The van der Waals surface area contributed by atoms with Crippen molar-refractivity contribution >= 4 is 32.4 Å². The number of carbonyl (C=O) groups is 4. The smallest absolute Gasteiger partial charge is 0.313 e. The van der Waals surface area contributed by atoms with Gasteiger partial charge in [0.05, 0.1) is 43.2 Å². The highest BCUT2D eigenvalue weighted by Gasteiger charge is 2.49. The topological polar surface area (TPSA) is 169 Å². The van der Waals surface area contributed by atoms with E-state index in [1.54, 1.807) is 33.9 Å². The van der Waals surface area contributed by atoms with Gasteiger partial charge in [-0.1, -0.05) is 75.3 Å². The number of nitrogens with zero attached hydrogens (tertiary/aromatic N) is 1. The lowest BCUT2D eigenvalue weighted by molar-refractivity contribution is -0.220. The van der Waals surface area contributed by atoms with Crippen LogP contribution in [-0.2, 0) is 37.9 Å². The second kappa shape index (κ2) is 21.7. The number of esters is 1. The molecule has 1 amide bonds. The Balaban J connectivity index is 0. The van der Waals surface area contributed by atoms with Crippen LogP contribution in [0.4, 0.5) is 0 Å². The van der Waals surface area contributed by atoms with Gasteiger partial charge in [-0.2, -0.15) is 0 Å². The number of hydrogen-bond donors (Lipinski definition) is 3. The SMILES string of the molecule is C=C[C@H](C)[C@H](O)[C@@H](C)C(=O)O.COC1OC(=O)[C@H](C)[C@@H](O)[C@H]1C.CON(C)C(=O)[C@H](C)[C@@H](O[Si](C(C)C)(C(C)C)C(C)C)[C@@H](C)C=O. The van der Waals surface area contributed by atoms with E-state index >= 15 is 0 Å². The Bertz CT molecular complexity index is 952. The fourth-order valence-corrected chi connectivity index (χ4v) is 11.7. The van der Waals surface area contributed by atoms with Crippen molar-refractivity contribution in [1.82, 2.24) is 5.06 Å². The number of aldehydes is 1. The summed E-state index contributed by atoms with van der Waals surface area (Å²) < 4.78 is 16.6. The summed E-state index contributed by atoms with van der Waals surface area (Å²) in [6.45, 7) is 27.0. The van der Waals surface area contributed by atoms with Gasteiger partial charge in [-0.3, -0.25) is 19.2 Å². The Morgan fingerprint density at radius 1 is 0.936 bits per heavy atom. The lowest BCUT2D eigenvalue weighted by atomic mass is 9.90. The third-order valence-corrected chi connectivity index (χ3v) is 15.5. The molecule has 12 nitrogen and oxygen atoms in total. The van der Waals surface area contributed by atoms with Gasteiger partial charge in [0.25, 0.3) is 5.91 Å². The first kappa shape index (κ1) is 47.0. The van der Waals surface area contributed by atoms with Crippen LogP contribution in [0.2, 0.25) is 16.6 Å². The summed E-state index contributed by atoms with van der Waals surface area (Å²) in [7, 11) is 2.30. The van der Waals surface area contributed by atoms with E-state index in [1.807, 2.05) is 13.8 Å². The van der Waals surface area contributed by atoms with Gasteiger partial charge >= 0.3 is 11.9 Å². The Labute approximate surface area is 284 Å². The number of hydroxylamine groups is 2. The highest BCUT2D eigenvalue weighted by atomic mass is 28.4. The summed E-state index contributed by atoms with van der Waals surface area (Å²) in [6, 6.07) is 0. The predicted octanol–water partition coefficient (Wildman–Crippen LogP) is 5.08. The van der Waals surface area contributed by atoms with Gasteiger partial charge in [0.1, 0.15) is 6.29 Å². The molecule has 1 rings (SSSR count). The van der Waals surface area contributed by atoms with Crippen LogP contribution < -0.4 is 0 Å². The second-order valence-electron chi connectivity index (χ2n) is 13.6. The minimum absolute atomic E-state index is 0.164. The van der Waals surface area contributed by atoms with E-state index in [0.717, 1.165) is 6.29 Å². The number of hydrogen-bond acceptors (Lipinski definition) is 10. The third-order valence-electron chi connectivity index (χ3n) is 9.38. The summed E-state index contributed by atoms with van der Waals surface area (Å²) in [6.07, 6.45) is -0.123. The lowest BCUT2D eigenvalue weighted by Crippen LogP contribution is -2.54. The van der Waals surface area contributed by atoms with E-state index in [4.69, 9.17) is 23.8 Å². The quantitative estimate of drug-likeness (QED) is 0.0689. The minimum Gasteiger partial charge on any atom is -0.481 e. The molecule has 0 aromatic carbocycles. The van der Waals surface area contributed by atoms with Crippen molar-refractivity contribution in [1.29, 1.82) is 0 Å². The number of methoxy groups -OCH3 is 1. The van der Waals surface area contributed by atoms with Crippen LogP contribution in [0.25, 0.3) is 0 Å². The standard InChI is InChI=1S/C18H37NO4Si.C8H14O4.C8H14O3/c1-12(2)24(13(3)4,14(5)6)23-17(15(7)11-20)16(8)18(21)19(9)22-10;1-4-6(9)5(2)8(11-3)12-7(4)10;1-4-5(2)7(9)6(3)8(10)11/h11-17H,1-10H3;4-6,8-9H,1-3H3;4-7,9H,1H2,2-3H3,(H,10,11)/t15-,16+,17-;4-,5-,6-,8?;5-,6+,7-/m010/s1. The molecule has 0 spiro atoms. The monoisotopic (exact) mass is 691 g/mol. The fraction of sp³-hybridized carbons (Fsp3) is 0.824. The van der Waals surface area contributed by atoms with Gasteiger partial charge < -0.3 is 34.0 Å². The van der Waals surface area contributed by atoms with Crippen LogP contribution in [0.5, 0.6) is 0 Å². The summed E-state index contributed by atoms with van der Waals surface area (Å²) in [5, 5.41) is 28.6. The lowest BCUT2D eigenvalue weighted by Gasteiger charge is -2.46. The predicted molar refractivity (Wildman–Crippen MR) is 183 cm³/mol. The molecule has 10 atom stereocenters. The number of carboxylic acid groups (broad SMARTS) is 1. The molecule has 0 aromatic rings. The summed E-state index contributed by atoms with van der Waals surface area (Å²) in [5.41, 5.74) is 1.17. The maximum absolute atomic E-state index is 12.6. The van der Waals surface area contributed by atoms with E-state index in [2.05, 4.69) is 48.1 Å². The number of aliphatic hydroxyl groups is 2. The van der Waals surface area contributed by atoms with Crippen molar-refractivity contribution < 1.29 is 53.2 Å². The molecule has 1 saturated heterocycles. The molecule has 1 heterocycles. The Morgan fingerprint density at radius 3 is 1.74 bits per heavy atom. The van der Waals surface area contributed by atoms with Crippen molar-refractivity contribution in [2.24, 2.45) is 35.5 Å². The molecule has 0 aromatic heterocycles. The Kier molecular flexibility index (Phi) is 21.7. The largest absolute Gasteiger partial charge is 0.481 e. The molecular formula is C34H65NO11Si. The van der Waals surface area contributed by atoms with Crippen LogP contribution >= 0.6 is 0 Å². The van der Waals surface area contributed by atoms with E-state index < -0.39 is 62.6 Å². The first-order valence-electron chi connectivity index (χ1n) is 16.4. The number of carboxylic acids is 1. The van der Waals surface area contributed by atoms with Crippen LogP contribution in [0, 0.1) is 35.5 Å². The summed E-state index contributed by atoms with van der Waals surface area (Å²) >= 11 is 0. The van der Waals surface area contributed by atoms with Gasteiger partial charge in [-0.05, 0) is 30.5 Å². The molecule has 0 radical (unpaired) electrons. The van der Waals surface area contributed by atoms with Gasteiger partial charge in [-0.25, -0.2) is 5.06 Å². The molecule has 0 saturated carbocycles. The molecule has 1 aliphatic heterocycles. The highest BCUT2D eigenvalue weighted by molar-refractivity contribution is 6.77. The maximum Gasteiger partial charge on any atom is 0.313 e. The van der Waals surface area contributed by atoms with Crippen molar-refractivity contribution in [2.75, 3.05) is 21.3 Å². The Morgan fingerprint density at radius 2 is 1.40 bits per heavy atom. The molecule has 1 fully saturated rings. The van der Waals surface area contributed by atoms with E-state index in [1.165, 1.54) is 26.2 Å². The number of ether oxygens (including phenoxy) is 2. The Hall–Kier alpha value is -2.16. The van der Waals surface area contributed by atoms with Crippen LogP contribution in [-0.4, -0.2) is 98.7 Å². The van der Waals surface area contributed by atoms with E-state index in [-0.39, 0.29) is 23.7 Å². The fourth-order valence-electron chi connectivity index (χ4n) is 5.99. The summed E-state index contributed by atoms with van der Waals surface area (Å²) in [5.74, 6) is -3.87. The van der Waals surface area contributed by atoms with Gasteiger partial charge in [0.15, 0.2) is 0 Å². The van der Waals surface area contributed by atoms with Crippen LogP contribution in [0.1, 0.15) is 83.1 Å². The molecule has 1 unspecified atom stereocenters. The van der Waals surface area contributed by atoms with Crippen molar-refractivity contribution in [3.63, 3.8) is 0 Å². The molecule has 47 heavy (non-hydrogen) atoms. The molecule has 1 aliphatic rings. The number of rotatable bonds is 15. The highest BCUT2D eigenvalue weighted by Crippen LogP contribution is 2.44. The normalized spacial score (nSPS) is 23.5. The number of cyclic esters (lactones) is 1. The first-order valence-corrected chi connectivity index (χ1v) is 18.6. The molecule has 13 heteroatoms. The summed E-state index contributed by atoms with van der Waals surface area (Å²) in [4.78, 5) is 50.5. The van der Waals surface area contributed by atoms with E-state index in [0.29, 0.717) is 16.6 Å². The number of carbonyl (C=O) groups excluding carboxylic acids is 3.